The van der Waals surface area contributed by atoms with Crippen molar-refractivity contribution in [2.24, 2.45) is 5.92 Å². The first-order valence-corrected chi connectivity index (χ1v) is 6.69. The van der Waals surface area contributed by atoms with E-state index in [0.717, 1.165) is 12.8 Å². The highest BCUT2D eigenvalue weighted by atomic mass is 35.5. The molecule has 0 heterocycles. The fraction of sp³-hybridized carbons (Fsp3) is 0.600. The summed E-state index contributed by atoms with van der Waals surface area (Å²) in [5.74, 6) is 0.300. The van der Waals surface area contributed by atoms with Gasteiger partial charge in [-0.05, 0) is 18.8 Å². The van der Waals surface area contributed by atoms with Gasteiger partial charge in [0.25, 0.3) is 0 Å². The lowest BCUT2D eigenvalue weighted by molar-refractivity contribution is 0.413. The maximum Gasteiger partial charge on any atom is 0.126 e. The first-order valence-electron chi connectivity index (χ1n) is 4.80. The van der Waals surface area contributed by atoms with Gasteiger partial charge < -0.3 is 0 Å². The molecule has 1 rings (SSSR count). The summed E-state index contributed by atoms with van der Waals surface area (Å²) in [6.07, 6.45) is 5.73. The minimum atomic E-state index is -0.0457. The minimum absolute atomic E-state index is 0.0457. The van der Waals surface area contributed by atoms with Gasteiger partial charge in [-0.25, -0.2) is 0 Å². The number of allylic oxidation sites excluding steroid dienone is 3. The van der Waals surface area contributed by atoms with Gasteiger partial charge in [0.2, 0.25) is 0 Å². The van der Waals surface area contributed by atoms with Gasteiger partial charge >= 0.3 is 0 Å². The van der Waals surface area contributed by atoms with E-state index in [1.807, 2.05) is 0 Å². The lowest BCUT2D eigenvalue weighted by atomic mass is 9.89. The molecule has 5 heteroatoms. The van der Waals surface area contributed by atoms with Crippen molar-refractivity contribution in [1.82, 2.24) is 0 Å². The van der Waals surface area contributed by atoms with E-state index in [1.54, 1.807) is 0 Å². The van der Waals surface area contributed by atoms with E-state index < -0.39 is 0 Å². The summed E-state index contributed by atoms with van der Waals surface area (Å²) in [4.78, 5) is 0. The first-order chi connectivity index (χ1) is 7.04. The van der Waals surface area contributed by atoms with Crippen LogP contribution in [-0.4, -0.2) is 0 Å². The molecule has 15 heavy (non-hydrogen) atoms. The molecule has 0 unspecified atom stereocenters. The zero-order chi connectivity index (χ0) is 11.4. The van der Waals surface area contributed by atoms with E-state index in [2.05, 4.69) is 0 Å². The molecule has 1 aliphatic carbocycles. The highest BCUT2D eigenvalue weighted by Crippen LogP contribution is 2.39. The molecule has 0 aromatic heterocycles. The van der Waals surface area contributed by atoms with Crippen LogP contribution in [0.25, 0.3) is 0 Å². The molecule has 1 aliphatic rings. The Kier molecular flexibility index (Phi) is 6.17. The second-order valence-corrected chi connectivity index (χ2v) is 5.68. The quantitative estimate of drug-likeness (QED) is 0.537. The van der Waals surface area contributed by atoms with E-state index in [-0.39, 0.29) is 14.6 Å². The molecular weight excluding hydrogens is 297 g/mol. The zero-order valence-electron chi connectivity index (χ0n) is 8.00. The van der Waals surface area contributed by atoms with Crippen LogP contribution < -0.4 is 0 Å². The van der Waals surface area contributed by atoms with Crippen LogP contribution in [-0.2, 0) is 0 Å². The van der Waals surface area contributed by atoms with E-state index in [0.29, 0.717) is 11.0 Å². The Balaban J connectivity index is 2.83. The molecule has 0 saturated heterocycles. The third-order valence-electron chi connectivity index (χ3n) is 2.53. The van der Waals surface area contributed by atoms with Gasteiger partial charge in [0.1, 0.15) is 4.49 Å². The standard InChI is InChI=1S/C10H11Cl5/c11-7(6-4-2-1-3-5-6)8(12)9(13)10(14)15/h6H,1-5H2/b8-7+. The number of hydrogen-bond donors (Lipinski definition) is 0. The van der Waals surface area contributed by atoms with E-state index >= 15 is 0 Å². The lowest BCUT2D eigenvalue weighted by Gasteiger charge is -2.21. The fourth-order valence-corrected chi connectivity index (χ4v) is 2.72. The van der Waals surface area contributed by atoms with Crippen LogP contribution in [0.1, 0.15) is 32.1 Å². The van der Waals surface area contributed by atoms with E-state index in [1.165, 1.54) is 19.3 Å². The van der Waals surface area contributed by atoms with Crippen molar-refractivity contribution in [3.8, 4) is 0 Å². The molecule has 0 bridgehead atoms. The number of halogens is 5. The predicted octanol–water partition coefficient (Wildman–Crippen LogP) is 6.14. The molecule has 0 spiro atoms. The van der Waals surface area contributed by atoms with Crippen LogP contribution in [0, 0.1) is 5.92 Å². The largest absolute Gasteiger partial charge is 0.126 e. The van der Waals surface area contributed by atoms with Gasteiger partial charge in [0.05, 0.1) is 10.1 Å². The maximum atomic E-state index is 6.16. The van der Waals surface area contributed by atoms with E-state index in [9.17, 15) is 0 Å². The summed E-state index contributed by atoms with van der Waals surface area (Å²) >= 11 is 29.1. The van der Waals surface area contributed by atoms with Crippen LogP contribution in [0.15, 0.2) is 19.6 Å². The number of hydrogen-bond acceptors (Lipinski definition) is 0. The molecule has 0 nitrogen and oxygen atoms in total. The van der Waals surface area contributed by atoms with Crippen molar-refractivity contribution in [2.45, 2.75) is 32.1 Å². The molecule has 0 atom stereocenters. The van der Waals surface area contributed by atoms with Crippen LogP contribution in [0.4, 0.5) is 0 Å². The Morgan fingerprint density at radius 1 is 0.733 bits per heavy atom. The maximum absolute atomic E-state index is 6.16. The SMILES string of the molecule is ClC(Cl)=C(Cl)/C(Cl)=C(\Cl)C1CCCCC1. The van der Waals surface area contributed by atoms with Gasteiger partial charge in [-0.3, -0.25) is 0 Å². The van der Waals surface area contributed by atoms with Crippen LogP contribution >= 0.6 is 58.0 Å². The van der Waals surface area contributed by atoms with Gasteiger partial charge in [0.15, 0.2) is 0 Å². The minimum Gasteiger partial charge on any atom is -0.0872 e. The molecule has 0 amide bonds. The second kappa shape index (κ2) is 6.61. The van der Waals surface area contributed by atoms with E-state index in [4.69, 9.17) is 58.0 Å². The Morgan fingerprint density at radius 2 is 1.27 bits per heavy atom. The molecular formula is C10H11Cl5. The Bertz CT molecular complexity index is 282. The van der Waals surface area contributed by atoms with Crippen molar-refractivity contribution in [1.29, 1.82) is 0 Å². The third kappa shape index (κ3) is 4.02. The molecule has 0 N–H and O–H groups in total. The van der Waals surface area contributed by atoms with Gasteiger partial charge in [0, 0.05) is 5.03 Å². The first kappa shape index (κ1) is 14.0. The fourth-order valence-electron chi connectivity index (χ4n) is 1.72. The Hall–Kier alpha value is 0.930. The monoisotopic (exact) mass is 306 g/mol. The molecule has 0 aliphatic heterocycles. The Labute approximate surface area is 115 Å². The number of rotatable bonds is 2. The summed E-state index contributed by atoms with van der Waals surface area (Å²) in [6, 6.07) is 0. The molecule has 0 aromatic carbocycles. The topological polar surface area (TPSA) is 0 Å². The average molecular weight is 308 g/mol. The normalized spacial score (nSPS) is 19.8. The summed E-state index contributed by atoms with van der Waals surface area (Å²) in [6.45, 7) is 0. The van der Waals surface area contributed by atoms with Gasteiger partial charge in [-0.15, -0.1) is 0 Å². The van der Waals surface area contributed by atoms with Gasteiger partial charge in [-0.1, -0.05) is 77.3 Å². The van der Waals surface area contributed by atoms with Crippen molar-refractivity contribution in [2.75, 3.05) is 0 Å². The summed E-state index contributed by atoms with van der Waals surface area (Å²) in [5, 5.41) is 1.00. The molecule has 1 fully saturated rings. The van der Waals surface area contributed by atoms with Crippen LogP contribution in [0.2, 0.25) is 0 Å². The summed E-state index contributed by atoms with van der Waals surface area (Å²) < 4.78 is -0.0457. The van der Waals surface area contributed by atoms with Crippen LogP contribution in [0.3, 0.4) is 0 Å². The highest BCUT2D eigenvalue weighted by Gasteiger charge is 2.20. The summed E-state index contributed by atoms with van der Waals surface area (Å²) in [7, 11) is 0. The molecule has 86 valence electrons. The van der Waals surface area contributed by atoms with Gasteiger partial charge in [-0.2, -0.15) is 0 Å². The lowest BCUT2D eigenvalue weighted by Crippen LogP contribution is -2.07. The average Bonchev–Trinajstić information content (AvgIpc) is 2.27. The Morgan fingerprint density at radius 3 is 1.73 bits per heavy atom. The van der Waals surface area contributed by atoms with Crippen molar-refractivity contribution in [3.05, 3.63) is 19.6 Å². The van der Waals surface area contributed by atoms with Crippen molar-refractivity contribution < 1.29 is 0 Å². The highest BCUT2D eigenvalue weighted by molar-refractivity contribution is 6.62. The van der Waals surface area contributed by atoms with Crippen LogP contribution in [0.5, 0.6) is 0 Å². The third-order valence-corrected chi connectivity index (χ3v) is 4.56. The second-order valence-electron chi connectivity index (χ2n) is 3.57. The predicted molar refractivity (Wildman–Crippen MR) is 69.9 cm³/mol. The molecule has 0 radical (unpaired) electrons. The molecule has 0 aromatic rings. The van der Waals surface area contributed by atoms with Crippen molar-refractivity contribution in [3.63, 3.8) is 0 Å². The smallest absolute Gasteiger partial charge is 0.0872 e. The summed E-state index contributed by atoms with van der Waals surface area (Å²) in [5.41, 5.74) is 0. The molecule has 1 saturated carbocycles. The zero-order valence-corrected chi connectivity index (χ0v) is 11.8. The van der Waals surface area contributed by atoms with Crippen molar-refractivity contribution >= 4 is 58.0 Å².